The normalized spacial score (nSPS) is 12.7. The number of nitrogens with two attached hydrogens (primary N) is 1. The molecule has 4 N–H and O–H groups in total. The van der Waals surface area contributed by atoms with Crippen molar-refractivity contribution in [3.63, 3.8) is 0 Å². The molecule has 0 radical (unpaired) electrons. The fourth-order valence-corrected chi connectivity index (χ4v) is 3.79. The second-order valence-corrected chi connectivity index (χ2v) is 7.60. The highest BCUT2D eigenvalue weighted by Gasteiger charge is 2.26. The summed E-state index contributed by atoms with van der Waals surface area (Å²) in [7, 11) is -4.13. The first-order valence-corrected chi connectivity index (χ1v) is 9.37. The molecule has 0 unspecified atom stereocenters. The average Bonchev–Trinajstić information content (AvgIpc) is 2.62. The average molecular weight is 388 g/mol. The van der Waals surface area contributed by atoms with Crippen molar-refractivity contribution in [2.24, 2.45) is 0 Å². The van der Waals surface area contributed by atoms with Crippen molar-refractivity contribution in [3.8, 4) is 0 Å². The van der Waals surface area contributed by atoms with Crippen molar-refractivity contribution in [3.05, 3.63) is 70.6 Å². The molecule has 0 amide bonds. The number of nitrogens with one attached hydrogen (secondary N) is 1. The summed E-state index contributed by atoms with van der Waals surface area (Å²) in [6.07, 6.45) is -0.00912. The number of hydrogen-bond acceptors (Lipinski definition) is 6. The van der Waals surface area contributed by atoms with Crippen LogP contribution in [0.5, 0.6) is 0 Å². The number of carbonyl (C=O) groups is 1. The Labute approximate surface area is 154 Å². The van der Waals surface area contributed by atoms with Crippen LogP contribution in [-0.4, -0.2) is 25.5 Å². The molecule has 3 aromatic rings. The Morgan fingerprint density at radius 2 is 1.85 bits per heavy atom. The number of anilines is 1. The van der Waals surface area contributed by atoms with Gasteiger partial charge in [0, 0.05) is 5.39 Å². The van der Waals surface area contributed by atoms with E-state index in [1.54, 1.807) is 30.3 Å². The maximum atomic E-state index is 12.6. The highest BCUT2D eigenvalue weighted by atomic mass is 32.2. The lowest BCUT2D eigenvalue weighted by Gasteiger charge is -2.15. The van der Waals surface area contributed by atoms with Crippen LogP contribution in [-0.2, 0) is 21.2 Å². The molecule has 2 aromatic carbocycles. The van der Waals surface area contributed by atoms with Gasteiger partial charge in [-0.25, -0.2) is 13.2 Å². The van der Waals surface area contributed by atoms with Gasteiger partial charge in [-0.15, -0.1) is 0 Å². The Hall–Kier alpha value is -3.17. The van der Waals surface area contributed by atoms with Gasteiger partial charge in [-0.1, -0.05) is 30.3 Å². The molecule has 27 heavy (non-hydrogen) atoms. The standard InChI is InChI=1S/C18H16N2O6S/c19-14-10-12-9-13(6-7-16(12)26-18(14)23)27(24,25)20-15(17(21)22)8-11-4-2-1-3-5-11/h1-7,9-10,15,20H,8,19H2,(H,21,22)/t15-/m0/s1. The van der Waals surface area contributed by atoms with Gasteiger partial charge >= 0.3 is 11.6 Å². The molecule has 0 aliphatic carbocycles. The summed E-state index contributed by atoms with van der Waals surface area (Å²) in [5.41, 5.74) is 5.48. The van der Waals surface area contributed by atoms with Gasteiger partial charge in [-0.05, 0) is 36.2 Å². The molecule has 0 aliphatic heterocycles. The fourth-order valence-electron chi connectivity index (χ4n) is 2.57. The zero-order valence-corrected chi connectivity index (χ0v) is 14.8. The van der Waals surface area contributed by atoms with Gasteiger partial charge in [0.25, 0.3) is 0 Å². The van der Waals surface area contributed by atoms with E-state index in [1.807, 2.05) is 0 Å². The third kappa shape index (κ3) is 4.15. The molecular weight excluding hydrogens is 372 g/mol. The Balaban J connectivity index is 1.92. The summed E-state index contributed by atoms with van der Waals surface area (Å²) in [5.74, 6) is -1.29. The van der Waals surface area contributed by atoms with Gasteiger partial charge in [-0.3, -0.25) is 4.79 Å². The number of benzene rings is 2. The first-order chi connectivity index (χ1) is 12.8. The van der Waals surface area contributed by atoms with Gasteiger partial charge < -0.3 is 15.3 Å². The number of rotatable bonds is 6. The fraction of sp³-hybridized carbons (Fsp3) is 0.111. The van der Waals surface area contributed by atoms with Crippen LogP contribution in [0.25, 0.3) is 11.0 Å². The molecule has 1 atom stereocenters. The van der Waals surface area contributed by atoms with Crippen molar-refractivity contribution in [1.82, 2.24) is 4.72 Å². The zero-order chi connectivity index (χ0) is 19.6. The molecule has 9 heteroatoms. The van der Waals surface area contributed by atoms with E-state index in [-0.39, 0.29) is 22.6 Å². The minimum absolute atomic E-state index is 0.00912. The largest absolute Gasteiger partial charge is 0.480 e. The van der Waals surface area contributed by atoms with Crippen molar-refractivity contribution < 1.29 is 22.7 Å². The van der Waals surface area contributed by atoms with Crippen LogP contribution < -0.4 is 16.1 Å². The highest BCUT2D eigenvalue weighted by Crippen LogP contribution is 2.20. The lowest BCUT2D eigenvalue weighted by Crippen LogP contribution is -2.42. The molecule has 1 aromatic heterocycles. The zero-order valence-electron chi connectivity index (χ0n) is 14.0. The second-order valence-electron chi connectivity index (χ2n) is 5.89. The molecule has 140 valence electrons. The van der Waals surface area contributed by atoms with Crippen molar-refractivity contribution in [2.75, 3.05) is 5.73 Å². The maximum Gasteiger partial charge on any atom is 0.359 e. The summed E-state index contributed by atoms with van der Waals surface area (Å²) >= 11 is 0. The predicted octanol–water partition coefficient (Wildman–Crippen LogP) is 1.35. The van der Waals surface area contributed by atoms with Crippen LogP contribution >= 0.6 is 0 Å². The number of aliphatic carboxylic acids is 1. The first-order valence-electron chi connectivity index (χ1n) is 7.89. The SMILES string of the molecule is Nc1cc2cc(S(=O)(=O)N[C@@H](Cc3ccccc3)C(=O)O)ccc2oc1=O. The number of hydrogen-bond donors (Lipinski definition) is 3. The van der Waals surface area contributed by atoms with Crippen molar-refractivity contribution >= 4 is 32.6 Å². The third-order valence-corrected chi connectivity index (χ3v) is 5.39. The molecule has 0 bridgehead atoms. The van der Waals surface area contributed by atoms with Gasteiger partial charge in [-0.2, -0.15) is 4.72 Å². The quantitative estimate of drug-likeness (QED) is 0.542. The van der Waals surface area contributed by atoms with Gasteiger partial charge in [0.05, 0.1) is 4.90 Å². The van der Waals surface area contributed by atoms with E-state index in [0.29, 0.717) is 10.9 Å². The molecule has 3 rings (SSSR count). The number of fused-ring (bicyclic) bond motifs is 1. The van der Waals surface area contributed by atoms with E-state index in [1.165, 1.54) is 24.3 Å². The molecule has 0 fully saturated rings. The second kappa shape index (κ2) is 7.22. The summed E-state index contributed by atoms with van der Waals surface area (Å²) < 4.78 is 32.4. The molecule has 0 saturated heterocycles. The van der Waals surface area contributed by atoms with Crippen LogP contribution in [0.4, 0.5) is 5.69 Å². The van der Waals surface area contributed by atoms with E-state index in [4.69, 9.17) is 10.2 Å². The first kappa shape index (κ1) is 18.6. The lowest BCUT2D eigenvalue weighted by atomic mass is 10.1. The van der Waals surface area contributed by atoms with Crippen molar-refractivity contribution in [1.29, 1.82) is 0 Å². The van der Waals surface area contributed by atoms with Gasteiger partial charge in [0.15, 0.2) is 0 Å². The molecule has 0 spiro atoms. The van der Waals surface area contributed by atoms with Crippen LogP contribution in [0.15, 0.2) is 68.7 Å². The molecule has 8 nitrogen and oxygen atoms in total. The monoisotopic (exact) mass is 388 g/mol. The number of carboxylic acids is 1. The van der Waals surface area contributed by atoms with E-state index in [9.17, 15) is 23.1 Å². The van der Waals surface area contributed by atoms with E-state index < -0.39 is 27.7 Å². The minimum atomic E-state index is -4.13. The number of nitrogen functional groups attached to an aromatic ring is 1. The summed E-state index contributed by atoms with van der Waals surface area (Å²) in [4.78, 5) is 22.8. The number of carboxylic acid groups (broad SMARTS) is 1. The Morgan fingerprint density at radius 1 is 1.15 bits per heavy atom. The van der Waals surface area contributed by atoms with E-state index >= 15 is 0 Å². The molecule has 1 heterocycles. The Bertz CT molecular complexity index is 1160. The van der Waals surface area contributed by atoms with Crippen LogP contribution in [0.1, 0.15) is 5.56 Å². The van der Waals surface area contributed by atoms with Crippen LogP contribution in [0.3, 0.4) is 0 Å². The topological polar surface area (TPSA) is 140 Å². The maximum absolute atomic E-state index is 12.6. The third-order valence-electron chi connectivity index (χ3n) is 3.92. The number of sulfonamides is 1. The van der Waals surface area contributed by atoms with E-state index in [2.05, 4.69) is 4.72 Å². The molecule has 0 aliphatic rings. The minimum Gasteiger partial charge on any atom is -0.480 e. The summed E-state index contributed by atoms with van der Waals surface area (Å²) in [6, 6.07) is 12.5. The molecule has 0 saturated carbocycles. The highest BCUT2D eigenvalue weighted by molar-refractivity contribution is 7.89. The summed E-state index contributed by atoms with van der Waals surface area (Å²) in [5, 5.41) is 9.70. The van der Waals surface area contributed by atoms with Gasteiger partial charge in [0.1, 0.15) is 17.3 Å². The van der Waals surface area contributed by atoms with Gasteiger partial charge in [0.2, 0.25) is 10.0 Å². The lowest BCUT2D eigenvalue weighted by molar-refractivity contribution is -0.138. The van der Waals surface area contributed by atoms with Crippen LogP contribution in [0, 0.1) is 0 Å². The summed E-state index contributed by atoms with van der Waals surface area (Å²) in [6.45, 7) is 0. The van der Waals surface area contributed by atoms with E-state index in [0.717, 1.165) is 0 Å². The van der Waals surface area contributed by atoms with Crippen LogP contribution in [0.2, 0.25) is 0 Å². The smallest absolute Gasteiger partial charge is 0.359 e. The predicted molar refractivity (Wildman–Crippen MR) is 98.8 cm³/mol. The molecular formula is C18H16N2O6S. The Kier molecular flexibility index (Phi) is 4.98. The Morgan fingerprint density at radius 3 is 2.52 bits per heavy atom. The van der Waals surface area contributed by atoms with Crippen molar-refractivity contribution in [2.45, 2.75) is 17.4 Å².